The zero-order valence-corrected chi connectivity index (χ0v) is 12.5. The van der Waals surface area contributed by atoms with E-state index in [1.807, 2.05) is 6.07 Å². The largest absolute Gasteiger partial charge is 0.496 e. The fourth-order valence-corrected chi connectivity index (χ4v) is 4.01. The molecule has 0 radical (unpaired) electrons. The van der Waals surface area contributed by atoms with Crippen molar-refractivity contribution in [1.29, 1.82) is 0 Å². The Balaban J connectivity index is 2.06. The van der Waals surface area contributed by atoms with Crippen molar-refractivity contribution in [1.82, 2.24) is 4.90 Å². The van der Waals surface area contributed by atoms with Crippen molar-refractivity contribution in [2.45, 2.75) is 35.6 Å². The number of nitrogens with zero attached hydrogens (tertiary/aromatic N) is 1. The summed E-state index contributed by atoms with van der Waals surface area (Å²) in [5.41, 5.74) is 1.56. The molecular formula is C16H21NOS. The number of ether oxygens (including phenoxy) is 1. The lowest BCUT2D eigenvalue weighted by Crippen LogP contribution is -2.41. The minimum atomic E-state index is 0.177. The Morgan fingerprint density at radius 3 is 3.00 bits per heavy atom. The first kappa shape index (κ1) is 13.1. The van der Waals surface area contributed by atoms with E-state index in [0.717, 1.165) is 10.6 Å². The van der Waals surface area contributed by atoms with Gasteiger partial charge in [0.15, 0.2) is 0 Å². The fraction of sp³-hybridized carbons (Fsp3) is 0.500. The molecule has 0 aromatic heterocycles. The molecule has 0 spiro atoms. The van der Waals surface area contributed by atoms with Crippen molar-refractivity contribution >= 4 is 12.6 Å². The predicted molar refractivity (Wildman–Crippen MR) is 81.3 cm³/mol. The van der Waals surface area contributed by atoms with E-state index < -0.39 is 0 Å². The van der Waals surface area contributed by atoms with Gasteiger partial charge < -0.3 is 9.64 Å². The number of allylic oxidation sites excluding steroid dienone is 1. The lowest BCUT2D eigenvalue weighted by Gasteiger charge is -2.38. The summed E-state index contributed by atoms with van der Waals surface area (Å²) in [4.78, 5) is 3.44. The maximum absolute atomic E-state index is 5.31. The minimum Gasteiger partial charge on any atom is -0.496 e. The monoisotopic (exact) mass is 275 g/mol. The van der Waals surface area contributed by atoms with Crippen LogP contribution < -0.4 is 4.74 Å². The van der Waals surface area contributed by atoms with Gasteiger partial charge in [-0.3, -0.25) is 0 Å². The van der Waals surface area contributed by atoms with Crippen LogP contribution in [0.1, 0.15) is 24.8 Å². The molecule has 1 fully saturated rings. The average Bonchev–Trinajstić information content (AvgIpc) is 2.78. The highest BCUT2D eigenvalue weighted by Gasteiger charge is 2.46. The average molecular weight is 275 g/mol. The summed E-state index contributed by atoms with van der Waals surface area (Å²) in [6.45, 7) is 1.17. The van der Waals surface area contributed by atoms with E-state index in [4.69, 9.17) is 4.74 Å². The Morgan fingerprint density at radius 1 is 1.42 bits per heavy atom. The van der Waals surface area contributed by atoms with Crippen molar-refractivity contribution in [3.8, 4) is 5.75 Å². The normalized spacial score (nSPS) is 30.4. The second kappa shape index (κ2) is 4.88. The molecule has 1 heterocycles. The topological polar surface area (TPSA) is 12.5 Å². The molecule has 0 bridgehead atoms. The van der Waals surface area contributed by atoms with Crippen LogP contribution in [-0.2, 0) is 5.41 Å². The smallest absolute Gasteiger partial charge is 0.132 e. The van der Waals surface area contributed by atoms with Gasteiger partial charge in [-0.2, -0.15) is 0 Å². The molecule has 1 aliphatic heterocycles. The molecular weight excluding hydrogens is 254 g/mol. The maximum Gasteiger partial charge on any atom is 0.132 e. The van der Waals surface area contributed by atoms with Crippen molar-refractivity contribution < 1.29 is 4.74 Å². The SMILES string of the molecule is COc1ccc([C@@]23C=CCCC2N(C)CC3)cc1S. The standard InChI is InChI=1S/C16H21NOS/c1-17-10-9-16(8-4-3-5-15(16)17)12-6-7-13(18-2)14(19)11-12/h4,6-8,11,15,19H,3,5,9-10H2,1-2H3/t15?,16-/m0/s1. The third kappa shape index (κ3) is 2.00. The predicted octanol–water partition coefficient (Wildman–Crippen LogP) is 3.28. The maximum atomic E-state index is 5.31. The molecule has 1 aromatic rings. The molecule has 1 aromatic carbocycles. The van der Waals surface area contributed by atoms with E-state index in [0.29, 0.717) is 6.04 Å². The van der Waals surface area contributed by atoms with Gasteiger partial charge >= 0.3 is 0 Å². The van der Waals surface area contributed by atoms with E-state index >= 15 is 0 Å². The Labute approximate surface area is 120 Å². The van der Waals surface area contributed by atoms with Crippen LogP contribution in [0.5, 0.6) is 5.75 Å². The van der Waals surface area contributed by atoms with E-state index in [2.05, 4.69) is 48.9 Å². The Bertz CT molecular complexity index is 513. The van der Waals surface area contributed by atoms with Crippen LogP contribution in [0.25, 0.3) is 0 Å². The van der Waals surface area contributed by atoms with Crippen LogP contribution in [0, 0.1) is 0 Å². The van der Waals surface area contributed by atoms with Crippen LogP contribution in [0.4, 0.5) is 0 Å². The number of hydrogen-bond donors (Lipinski definition) is 1. The number of likely N-dealkylation sites (tertiary alicyclic amines) is 1. The molecule has 19 heavy (non-hydrogen) atoms. The zero-order valence-electron chi connectivity index (χ0n) is 11.6. The van der Waals surface area contributed by atoms with Gasteiger partial charge in [-0.1, -0.05) is 18.2 Å². The van der Waals surface area contributed by atoms with Crippen LogP contribution in [0.2, 0.25) is 0 Å². The number of thiol groups is 1. The Morgan fingerprint density at radius 2 is 2.26 bits per heavy atom. The molecule has 2 atom stereocenters. The molecule has 3 rings (SSSR count). The summed E-state index contributed by atoms with van der Waals surface area (Å²) < 4.78 is 5.31. The third-order valence-corrected chi connectivity index (χ3v) is 5.09. The van der Waals surface area contributed by atoms with E-state index in [-0.39, 0.29) is 5.41 Å². The number of fused-ring (bicyclic) bond motifs is 1. The fourth-order valence-electron chi connectivity index (χ4n) is 3.71. The van der Waals surface area contributed by atoms with Crippen LogP contribution >= 0.6 is 12.6 Å². The number of methoxy groups -OCH3 is 1. The first-order valence-corrected chi connectivity index (χ1v) is 7.37. The van der Waals surface area contributed by atoms with E-state index in [1.54, 1.807) is 7.11 Å². The molecule has 1 unspecified atom stereocenters. The lowest BCUT2D eigenvalue weighted by molar-refractivity contribution is 0.249. The molecule has 1 saturated heterocycles. The van der Waals surface area contributed by atoms with Crippen molar-refractivity contribution in [3.05, 3.63) is 35.9 Å². The first-order valence-electron chi connectivity index (χ1n) is 6.93. The summed E-state index contributed by atoms with van der Waals surface area (Å²) in [6, 6.07) is 7.06. The summed E-state index contributed by atoms with van der Waals surface area (Å²) in [5, 5.41) is 0. The summed E-state index contributed by atoms with van der Waals surface area (Å²) in [5.74, 6) is 0.853. The van der Waals surface area contributed by atoms with Crippen molar-refractivity contribution in [2.24, 2.45) is 0 Å². The number of benzene rings is 1. The van der Waals surface area contributed by atoms with Gasteiger partial charge in [0.2, 0.25) is 0 Å². The van der Waals surface area contributed by atoms with Gasteiger partial charge in [0.1, 0.15) is 5.75 Å². The quantitative estimate of drug-likeness (QED) is 0.657. The second-order valence-corrected chi connectivity index (χ2v) is 6.13. The molecule has 0 amide bonds. The zero-order chi connectivity index (χ0) is 13.5. The molecule has 102 valence electrons. The van der Waals surface area contributed by atoms with Crippen LogP contribution in [-0.4, -0.2) is 31.6 Å². The third-order valence-electron chi connectivity index (χ3n) is 4.74. The number of likely N-dealkylation sites (N-methyl/N-ethyl adjacent to an activating group) is 1. The Hall–Kier alpha value is -0.930. The highest BCUT2D eigenvalue weighted by molar-refractivity contribution is 7.80. The summed E-state index contributed by atoms with van der Waals surface area (Å²) in [7, 11) is 3.94. The van der Waals surface area contributed by atoms with Crippen molar-refractivity contribution in [3.63, 3.8) is 0 Å². The molecule has 0 saturated carbocycles. The molecule has 1 aliphatic carbocycles. The minimum absolute atomic E-state index is 0.177. The van der Waals surface area contributed by atoms with E-state index in [1.165, 1.54) is 31.4 Å². The van der Waals surface area contributed by atoms with Crippen LogP contribution in [0.3, 0.4) is 0 Å². The second-order valence-electron chi connectivity index (χ2n) is 5.65. The van der Waals surface area contributed by atoms with E-state index in [9.17, 15) is 0 Å². The van der Waals surface area contributed by atoms with Gasteiger partial charge in [0.25, 0.3) is 0 Å². The Kier molecular flexibility index (Phi) is 3.35. The molecule has 2 aliphatic rings. The summed E-state index contributed by atoms with van der Waals surface area (Å²) in [6.07, 6.45) is 8.42. The number of rotatable bonds is 2. The lowest BCUT2D eigenvalue weighted by atomic mass is 9.70. The highest BCUT2D eigenvalue weighted by atomic mass is 32.1. The van der Waals surface area contributed by atoms with Gasteiger partial charge in [-0.05, 0) is 50.6 Å². The summed E-state index contributed by atoms with van der Waals surface area (Å²) >= 11 is 4.55. The van der Waals surface area contributed by atoms with Crippen LogP contribution in [0.15, 0.2) is 35.2 Å². The first-order chi connectivity index (χ1) is 9.17. The van der Waals surface area contributed by atoms with Gasteiger partial charge in [-0.25, -0.2) is 0 Å². The van der Waals surface area contributed by atoms with Gasteiger partial charge in [0, 0.05) is 16.4 Å². The van der Waals surface area contributed by atoms with Gasteiger partial charge in [-0.15, -0.1) is 12.6 Å². The molecule has 3 heteroatoms. The van der Waals surface area contributed by atoms with Gasteiger partial charge in [0.05, 0.1) is 7.11 Å². The number of hydrogen-bond acceptors (Lipinski definition) is 3. The highest BCUT2D eigenvalue weighted by Crippen LogP contribution is 2.46. The molecule has 2 nitrogen and oxygen atoms in total. The molecule has 0 N–H and O–H groups in total. The van der Waals surface area contributed by atoms with Crippen molar-refractivity contribution in [2.75, 3.05) is 20.7 Å².